The molecule has 5 rings (SSSR count). The monoisotopic (exact) mass is 626 g/mol. The highest BCUT2D eigenvalue weighted by molar-refractivity contribution is 8.14. The summed E-state index contributed by atoms with van der Waals surface area (Å²) in [7, 11) is 0. The highest BCUT2D eigenvalue weighted by Gasteiger charge is 2.31. The number of urea groups is 1. The predicted octanol–water partition coefficient (Wildman–Crippen LogP) is 7.69. The van der Waals surface area contributed by atoms with Crippen LogP contribution in [0.4, 0.5) is 28.0 Å². The van der Waals surface area contributed by atoms with Gasteiger partial charge in [0.25, 0.3) is 0 Å². The highest BCUT2D eigenvalue weighted by atomic mass is 32.2. The molecule has 8 nitrogen and oxygen atoms in total. The summed E-state index contributed by atoms with van der Waals surface area (Å²) < 4.78 is 56.6. The molecule has 230 valence electrons. The molecule has 13 heteroatoms. The number of thioether (sulfide) groups is 1. The number of aliphatic imine (C=N–C) groups is 1. The molecule has 1 aliphatic rings. The van der Waals surface area contributed by atoms with Crippen molar-refractivity contribution in [3.05, 3.63) is 90.0 Å². The number of ether oxygens (including phenoxy) is 1. The number of nitrogens with zero attached hydrogens (tertiary/aromatic N) is 5. The lowest BCUT2D eigenvalue weighted by atomic mass is 9.99. The fraction of sp³-hybridized carbons (Fsp3) is 0.290. The van der Waals surface area contributed by atoms with Crippen LogP contribution in [-0.2, 0) is 6.54 Å². The van der Waals surface area contributed by atoms with Gasteiger partial charge in [0.1, 0.15) is 17.9 Å². The third-order valence-corrected chi connectivity index (χ3v) is 7.95. The van der Waals surface area contributed by atoms with E-state index in [4.69, 9.17) is 0 Å². The first-order chi connectivity index (χ1) is 21.0. The third kappa shape index (κ3) is 7.57. The molecule has 1 N–H and O–H groups in total. The highest BCUT2D eigenvalue weighted by Crippen LogP contribution is 2.35. The molecule has 1 aliphatic heterocycles. The van der Waals surface area contributed by atoms with Gasteiger partial charge in [0.05, 0.1) is 5.69 Å². The van der Waals surface area contributed by atoms with E-state index in [0.29, 0.717) is 16.7 Å². The standard InChI is InChI=1S/C31H30F4N6O2S/c1-19(2)26-16-23(32)8-13-27(26)41-20(3)14-15-44-30(41)38-29(42)36-17-21-4-6-22(7-5-21)28-37-18-40(39-28)24-9-11-25(12-10-24)43-31(33,34)35/h4-13,16,18-20H,14-15,17H2,1-3H3,(H,36,42)/b38-30-. The van der Waals surface area contributed by atoms with Gasteiger partial charge in [-0.25, -0.2) is 18.9 Å². The number of alkyl halides is 3. The van der Waals surface area contributed by atoms with Crippen LogP contribution in [0.25, 0.3) is 17.1 Å². The van der Waals surface area contributed by atoms with Crippen molar-refractivity contribution in [3.8, 4) is 22.8 Å². The number of halogens is 4. The van der Waals surface area contributed by atoms with Gasteiger partial charge in [-0.1, -0.05) is 49.9 Å². The first kappa shape index (κ1) is 31.0. The molecule has 1 saturated heterocycles. The molecule has 0 spiro atoms. The van der Waals surface area contributed by atoms with E-state index < -0.39 is 12.4 Å². The van der Waals surface area contributed by atoms with Crippen molar-refractivity contribution >= 4 is 28.6 Å². The molecule has 0 radical (unpaired) electrons. The number of rotatable bonds is 7. The minimum Gasteiger partial charge on any atom is -0.406 e. The summed E-state index contributed by atoms with van der Waals surface area (Å²) >= 11 is 1.50. The minimum atomic E-state index is -4.76. The van der Waals surface area contributed by atoms with Gasteiger partial charge in [-0.05, 0) is 72.9 Å². The first-order valence-corrected chi connectivity index (χ1v) is 14.9. The molecule has 1 unspecified atom stereocenters. The number of nitrogens with one attached hydrogen (secondary N) is 1. The number of benzene rings is 3. The SMILES string of the molecule is CC(C)c1cc(F)ccc1N1/C(=N/C(=O)NCc2ccc(-c3ncn(-c4ccc(OC(F)(F)F)cc4)n3)cc2)SCCC1C. The topological polar surface area (TPSA) is 84.6 Å². The van der Waals surface area contributed by atoms with Crippen molar-refractivity contribution in [1.29, 1.82) is 0 Å². The molecule has 3 aromatic carbocycles. The van der Waals surface area contributed by atoms with Crippen LogP contribution in [-0.4, -0.2) is 44.1 Å². The van der Waals surface area contributed by atoms with Gasteiger partial charge in [0.2, 0.25) is 0 Å². The van der Waals surface area contributed by atoms with Crippen molar-refractivity contribution in [2.45, 2.75) is 52.1 Å². The molecule has 0 bridgehead atoms. The second-order valence-corrected chi connectivity index (χ2v) is 11.6. The third-order valence-electron chi connectivity index (χ3n) is 6.96. The Morgan fingerprint density at radius 2 is 1.84 bits per heavy atom. The number of amidine groups is 1. The number of anilines is 1. The Labute approximate surface area is 256 Å². The van der Waals surface area contributed by atoms with Crippen LogP contribution in [0, 0.1) is 5.82 Å². The Bertz CT molecular complexity index is 1640. The minimum absolute atomic E-state index is 0.0927. The summed E-state index contributed by atoms with van der Waals surface area (Å²) in [5.74, 6) is 0.718. The average molecular weight is 627 g/mol. The summed E-state index contributed by atoms with van der Waals surface area (Å²) in [4.78, 5) is 23.6. The van der Waals surface area contributed by atoms with Crippen LogP contribution in [0.1, 0.15) is 44.2 Å². The summed E-state index contributed by atoms with van der Waals surface area (Å²) in [6, 6.07) is 17.0. The normalized spacial score (nSPS) is 16.4. The molecule has 2 amide bonds. The zero-order chi connectivity index (χ0) is 31.4. The lowest BCUT2D eigenvalue weighted by Crippen LogP contribution is -2.42. The molecule has 2 heterocycles. The van der Waals surface area contributed by atoms with E-state index in [1.807, 2.05) is 43.0 Å². The van der Waals surface area contributed by atoms with Gasteiger partial charge in [-0.15, -0.1) is 18.3 Å². The lowest BCUT2D eigenvalue weighted by molar-refractivity contribution is -0.274. The van der Waals surface area contributed by atoms with Gasteiger partial charge >= 0.3 is 12.4 Å². The molecule has 4 aromatic rings. The van der Waals surface area contributed by atoms with Crippen LogP contribution in [0.3, 0.4) is 0 Å². The second kappa shape index (κ2) is 13.1. The number of amides is 2. The molecule has 44 heavy (non-hydrogen) atoms. The van der Waals surface area contributed by atoms with Gasteiger partial charge in [0.15, 0.2) is 11.0 Å². The molecule has 0 saturated carbocycles. The molecule has 1 aromatic heterocycles. The van der Waals surface area contributed by atoms with Crippen molar-refractivity contribution in [2.24, 2.45) is 4.99 Å². The van der Waals surface area contributed by atoms with E-state index in [0.717, 1.165) is 34.6 Å². The Balaban J connectivity index is 1.23. The average Bonchev–Trinajstić information content (AvgIpc) is 3.47. The number of carbonyl (C=O) groups is 1. The Morgan fingerprint density at radius 1 is 1.11 bits per heavy atom. The number of hydrogen-bond donors (Lipinski definition) is 1. The molecule has 0 aliphatic carbocycles. The van der Waals surface area contributed by atoms with Crippen molar-refractivity contribution in [1.82, 2.24) is 20.1 Å². The maximum atomic E-state index is 14.0. The Kier molecular flexibility index (Phi) is 9.23. The molecular formula is C31H30F4N6O2S. The maximum absolute atomic E-state index is 14.0. The number of carbonyl (C=O) groups excluding carboxylic acids is 1. The number of aromatic nitrogens is 3. The van der Waals surface area contributed by atoms with Crippen molar-refractivity contribution in [2.75, 3.05) is 10.7 Å². The van der Waals surface area contributed by atoms with Gasteiger partial charge in [0, 0.05) is 29.6 Å². The molecular weight excluding hydrogens is 596 g/mol. The smallest absolute Gasteiger partial charge is 0.406 e. The lowest BCUT2D eigenvalue weighted by Gasteiger charge is -2.37. The van der Waals surface area contributed by atoms with Gasteiger partial charge in [-0.3, -0.25) is 0 Å². The van der Waals surface area contributed by atoms with E-state index in [2.05, 4.69) is 32.1 Å². The summed E-state index contributed by atoms with van der Waals surface area (Å²) in [5, 5.41) is 7.83. The quantitative estimate of drug-likeness (QED) is 0.212. The van der Waals surface area contributed by atoms with Crippen LogP contribution in [0.5, 0.6) is 5.75 Å². The van der Waals surface area contributed by atoms with Crippen LogP contribution in [0.2, 0.25) is 0 Å². The van der Waals surface area contributed by atoms with Crippen LogP contribution >= 0.6 is 11.8 Å². The zero-order valence-corrected chi connectivity index (χ0v) is 25.0. The van der Waals surface area contributed by atoms with E-state index in [1.165, 1.54) is 53.1 Å². The predicted molar refractivity (Wildman–Crippen MR) is 163 cm³/mol. The fourth-order valence-electron chi connectivity index (χ4n) is 4.74. The van der Waals surface area contributed by atoms with E-state index in [-0.39, 0.29) is 30.1 Å². The van der Waals surface area contributed by atoms with E-state index >= 15 is 0 Å². The van der Waals surface area contributed by atoms with Crippen molar-refractivity contribution < 1.29 is 27.1 Å². The largest absolute Gasteiger partial charge is 0.573 e. The first-order valence-electron chi connectivity index (χ1n) is 13.9. The molecule has 1 fully saturated rings. The number of hydrogen-bond acceptors (Lipinski definition) is 5. The summed E-state index contributed by atoms with van der Waals surface area (Å²) in [6.45, 7) is 6.34. The van der Waals surface area contributed by atoms with Crippen LogP contribution in [0.15, 0.2) is 78.0 Å². The maximum Gasteiger partial charge on any atom is 0.573 e. The van der Waals surface area contributed by atoms with E-state index in [1.54, 1.807) is 12.1 Å². The van der Waals surface area contributed by atoms with Gasteiger partial charge < -0.3 is 15.0 Å². The Hall–Kier alpha value is -4.39. The second-order valence-electron chi connectivity index (χ2n) is 10.5. The molecule has 1 atom stereocenters. The van der Waals surface area contributed by atoms with E-state index in [9.17, 15) is 22.4 Å². The summed E-state index contributed by atoms with van der Waals surface area (Å²) in [5.41, 5.74) is 3.79. The zero-order valence-electron chi connectivity index (χ0n) is 24.2. The Morgan fingerprint density at radius 3 is 2.52 bits per heavy atom. The fourth-order valence-corrected chi connectivity index (χ4v) is 5.94. The van der Waals surface area contributed by atoms with Crippen LogP contribution < -0.4 is 15.0 Å². The van der Waals surface area contributed by atoms with Gasteiger partial charge in [-0.2, -0.15) is 4.99 Å². The van der Waals surface area contributed by atoms with Crippen molar-refractivity contribution in [3.63, 3.8) is 0 Å². The summed E-state index contributed by atoms with van der Waals surface area (Å²) in [6.07, 6.45) is -2.39.